The molecule has 0 aromatic heterocycles. The van der Waals surface area contributed by atoms with E-state index in [4.69, 9.17) is 14.2 Å². The molecule has 3 nitrogen and oxygen atoms in total. The molecule has 0 amide bonds. The van der Waals surface area contributed by atoms with Gasteiger partial charge in [-0.2, -0.15) is 0 Å². The zero-order valence-electron chi connectivity index (χ0n) is 10.8. The number of rotatable bonds is 3. The summed E-state index contributed by atoms with van der Waals surface area (Å²) in [5.74, 6) is 0.835. The van der Waals surface area contributed by atoms with Crippen molar-refractivity contribution in [1.82, 2.24) is 0 Å². The van der Waals surface area contributed by atoms with E-state index in [0.29, 0.717) is 6.61 Å². The van der Waals surface area contributed by atoms with Gasteiger partial charge in [0.25, 0.3) is 0 Å². The summed E-state index contributed by atoms with van der Waals surface area (Å²) in [7, 11) is 1.66. The van der Waals surface area contributed by atoms with Crippen LogP contribution in [0.25, 0.3) is 0 Å². The molecule has 0 bridgehead atoms. The SMILES string of the molecule is COc1ccc([C@@H]2OC[C@H](c3ccccc3)O2)cc1. The maximum absolute atomic E-state index is 5.94. The first-order chi connectivity index (χ1) is 9.36. The van der Waals surface area contributed by atoms with Gasteiger partial charge in [0.1, 0.15) is 11.9 Å². The molecule has 1 saturated heterocycles. The first-order valence-electron chi connectivity index (χ1n) is 6.33. The molecule has 3 rings (SSSR count). The lowest BCUT2D eigenvalue weighted by Crippen LogP contribution is -2.00. The first kappa shape index (κ1) is 12.2. The van der Waals surface area contributed by atoms with Crippen LogP contribution in [-0.2, 0) is 9.47 Å². The van der Waals surface area contributed by atoms with Crippen molar-refractivity contribution in [2.24, 2.45) is 0 Å². The van der Waals surface area contributed by atoms with Crippen molar-refractivity contribution < 1.29 is 14.2 Å². The van der Waals surface area contributed by atoms with Crippen LogP contribution < -0.4 is 4.74 Å². The Kier molecular flexibility index (Phi) is 3.49. The van der Waals surface area contributed by atoms with Crippen molar-refractivity contribution in [3.8, 4) is 5.75 Å². The van der Waals surface area contributed by atoms with Crippen LogP contribution in [-0.4, -0.2) is 13.7 Å². The number of hydrogen-bond acceptors (Lipinski definition) is 3. The van der Waals surface area contributed by atoms with E-state index >= 15 is 0 Å². The molecule has 0 radical (unpaired) electrons. The van der Waals surface area contributed by atoms with Gasteiger partial charge < -0.3 is 14.2 Å². The maximum atomic E-state index is 5.94. The highest BCUT2D eigenvalue weighted by atomic mass is 16.7. The lowest BCUT2D eigenvalue weighted by atomic mass is 10.1. The third kappa shape index (κ3) is 2.62. The van der Waals surface area contributed by atoms with Crippen LogP contribution in [0.2, 0.25) is 0 Å². The molecule has 1 fully saturated rings. The number of methoxy groups -OCH3 is 1. The number of benzene rings is 2. The van der Waals surface area contributed by atoms with Crippen LogP contribution >= 0.6 is 0 Å². The van der Waals surface area contributed by atoms with E-state index in [1.165, 1.54) is 0 Å². The summed E-state index contributed by atoms with van der Waals surface area (Å²) >= 11 is 0. The van der Waals surface area contributed by atoms with E-state index < -0.39 is 0 Å². The van der Waals surface area contributed by atoms with Gasteiger partial charge in [-0.05, 0) is 17.7 Å². The minimum Gasteiger partial charge on any atom is -0.497 e. The highest BCUT2D eigenvalue weighted by Crippen LogP contribution is 2.35. The van der Waals surface area contributed by atoms with Gasteiger partial charge in [-0.25, -0.2) is 0 Å². The average Bonchev–Trinajstić information content (AvgIpc) is 2.98. The molecule has 2 atom stereocenters. The van der Waals surface area contributed by atoms with Gasteiger partial charge in [-0.1, -0.05) is 42.5 Å². The van der Waals surface area contributed by atoms with E-state index in [9.17, 15) is 0 Å². The summed E-state index contributed by atoms with van der Waals surface area (Å²) in [6.45, 7) is 0.584. The van der Waals surface area contributed by atoms with Crippen molar-refractivity contribution in [2.45, 2.75) is 12.4 Å². The summed E-state index contributed by atoms with van der Waals surface area (Å²) in [4.78, 5) is 0. The first-order valence-corrected chi connectivity index (χ1v) is 6.33. The lowest BCUT2D eigenvalue weighted by molar-refractivity contribution is -0.0607. The molecule has 2 aromatic rings. The Hall–Kier alpha value is -1.84. The topological polar surface area (TPSA) is 27.7 Å². The van der Waals surface area contributed by atoms with Gasteiger partial charge in [0.2, 0.25) is 0 Å². The maximum Gasteiger partial charge on any atom is 0.184 e. The molecule has 0 N–H and O–H groups in total. The molecule has 2 aromatic carbocycles. The Labute approximate surface area is 112 Å². The molecule has 0 saturated carbocycles. The van der Waals surface area contributed by atoms with Crippen LogP contribution in [0.4, 0.5) is 0 Å². The van der Waals surface area contributed by atoms with Gasteiger partial charge in [-0.15, -0.1) is 0 Å². The minimum absolute atomic E-state index is 0.00769. The predicted octanol–water partition coefficient (Wildman–Crippen LogP) is 3.48. The second-order valence-electron chi connectivity index (χ2n) is 4.47. The lowest BCUT2D eigenvalue weighted by Gasteiger charge is -2.12. The van der Waals surface area contributed by atoms with Crippen molar-refractivity contribution in [2.75, 3.05) is 13.7 Å². The largest absolute Gasteiger partial charge is 0.497 e. The van der Waals surface area contributed by atoms with E-state index in [1.54, 1.807) is 7.11 Å². The Morgan fingerprint density at radius 3 is 2.37 bits per heavy atom. The fourth-order valence-corrected chi connectivity index (χ4v) is 2.18. The van der Waals surface area contributed by atoms with E-state index in [2.05, 4.69) is 12.1 Å². The molecule has 0 aliphatic carbocycles. The summed E-state index contributed by atoms with van der Waals surface area (Å²) in [6, 6.07) is 17.9. The zero-order chi connectivity index (χ0) is 13.1. The Bertz CT molecular complexity index is 521. The van der Waals surface area contributed by atoms with Crippen molar-refractivity contribution in [1.29, 1.82) is 0 Å². The van der Waals surface area contributed by atoms with Crippen LogP contribution in [0.3, 0.4) is 0 Å². The molecule has 1 heterocycles. The second kappa shape index (κ2) is 5.43. The molecule has 19 heavy (non-hydrogen) atoms. The number of hydrogen-bond donors (Lipinski definition) is 0. The highest BCUT2D eigenvalue weighted by Gasteiger charge is 2.28. The van der Waals surface area contributed by atoms with Crippen molar-refractivity contribution in [3.63, 3.8) is 0 Å². The molecule has 0 unspecified atom stereocenters. The Morgan fingerprint density at radius 2 is 1.68 bits per heavy atom. The molecular weight excluding hydrogens is 240 g/mol. The quantitative estimate of drug-likeness (QED) is 0.841. The van der Waals surface area contributed by atoms with Crippen LogP contribution in [0.5, 0.6) is 5.75 Å². The summed E-state index contributed by atoms with van der Waals surface area (Å²) in [6.07, 6.45) is -0.288. The molecular formula is C16H16O3. The minimum atomic E-state index is -0.295. The molecule has 3 heteroatoms. The third-order valence-corrected chi connectivity index (χ3v) is 3.25. The highest BCUT2D eigenvalue weighted by molar-refractivity contribution is 5.28. The molecule has 1 aliphatic rings. The standard InChI is InChI=1S/C16H16O3/c1-17-14-9-7-13(8-10-14)16-18-11-15(19-16)12-5-3-2-4-6-12/h2-10,15-16H,11H2,1H3/t15-,16-/m1/s1. The normalized spacial score (nSPS) is 22.4. The van der Waals surface area contributed by atoms with E-state index in [1.807, 2.05) is 42.5 Å². The fourth-order valence-electron chi connectivity index (χ4n) is 2.18. The average molecular weight is 256 g/mol. The summed E-state index contributed by atoms with van der Waals surface area (Å²) in [5.41, 5.74) is 2.16. The third-order valence-electron chi connectivity index (χ3n) is 3.25. The van der Waals surface area contributed by atoms with Crippen molar-refractivity contribution >= 4 is 0 Å². The van der Waals surface area contributed by atoms with Crippen LogP contribution in [0.15, 0.2) is 54.6 Å². The number of ether oxygens (including phenoxy) is 3. The van der Waals surface area contributed by atoms with Crippen LogP contribution in [0.1, 0.15) is 23.5 Å². The smallest absolute Gasteiger partial charge is 0.184 e. The van der Waals surface area contributed by atoms with Gasteiger partial charge in [-0.3, -0.25) is 0 Å². The molecule has 1 aliphatic heterocycles. The zero-order valence-corrected chi connectivity index (χ0v) is 10.8. The Morgan fingerprint density at radius 1 is 0.947 bits per heavy atom. The van der Waals surface area contributed by atoms with E-state index in [0.717, 1.165) is 16.9 Å². The summed E-state index contributed by atoms with van der Waals surface area (Å²) < 4.78 is 16.8. The van der Waals surface area contributed by atoms with Crippen LogP contribution in [0, 0.1) is 0 Å². The molecule has 98 valence electrons. The van der Waals surface area contributed by atoms with Gasteiger partial charge in [0.15, 0.2) is 6.29 Å². The van der Waals surface area contributed by atoms with Crippen molar-refractivity contribution in [3.05, 3.63) is 65.7 Å². The molecule has 0 spiro atoms. The Balaban J connectivity index is 1.71. The van der Waals surface area contributed by atoms with Gasteiger partial charge in [0, 0.05) is 5.56 Å². The second-order valence-corrected chi connectivity index (χ2v) is 4.47. The van der Waals surface area contributed by atoms with Gasteiger partial charge >= 0.3 is 0 Å². The van der Waals surface area contributed by atoms with Gasteiger partial charge in [0.05, 0.1) is 13.7 Å². The predicted molar refractivity (Wildman–Crippen MR) is 72.0 cm³/mol. The fraction of sp³-hybridized carbons (Fsp3) is 0.250. The monoisotopic (exact) mass is 256 g/mol. The van der Waals surface area contributed by atoms with E-state index in [-0.39, 0.29) is 12.4 Å². The summed E-state index contributed by atoms with van der Waals surface area (Å²) in [5, 5.41) is 0.